The minimum absolute atomic E-state index is 0.602. The molecule has 18 heavy (non-hydrogen) atoms. The van der Waals surface area contributed by atoms with Gasteiger partial charge in [0.2, 0.25) is 0 Å². The molecule has 3 heteroatoms. The Morgan fingerprint density at radius 1 is 1.56 bits per heavy atom. The summed E-state index contributed by atoms with van der Waals surface area (Å²) in [6.07, 6.45) is 5.16. The number of nitrogens with one attached hydrogen (secondary N) is 1. The Kier molecular flexibility index (Phi) is 5.22. The summed E-state index contributed by atoms with van der Waals surface area (Å²) < 4.78 is 0. The summed E-state index contributed by atoms with van der Waals surface area (Å²) in [6, 6.07) is 3.61. The second kappa shape index (κ2) is 6.69. The average Bonchev–Trinajstić information content (AvgIpc) is 2.86. The van der Waals surface area contributed by atoms with Gasteiger partial charge in [-0.05, 0) is 56.7 Å². The quantitative estimate of drug-likeness (QED) is 0.848. The molecule has 0 bridgehead atoms. The monoisotopic (exact) mass is 266 g/mol. The summed E-state index contributed by atoms with van der Waals surface area (Å²) in [6.45, 7) is 6.80. The Bertz CT molecular complexity index is 361. The molecule has 1 aliphatic rings. The van der Waals surface area contributed by atoms with Gasteiger partial charge in [0, 0.05) is 30.1 Å². The van der Waals surface area contributed by atoms with Gasteiger partial charge in [0.05, 0.1) is 0 Å². The van der Waals surface area contributed by atoms with Crippen LogP contribution in [0.15, 0.2) is 11.4 Å². The Morgan fingerprint density at radius 3 is 3.17 bits per heavy atom. The van der Waals surface area contributed by atoms with Crippen molar-refractivity contribution in [1.29, 1.82) is 0 Å². The van der Waals surface area contributed by atoms with Crippen LogP contribution in [0.25, 0.3) is 0 Å². The third-order valence-electron chi connectivity index (χ3n) is 4.25. The molecule has 1 aromatic rings. The normalized spacial score (nSPS) is 21.0. The van der Waals surface area contributed by atoms with Gasteiger partial charge < -0.3 is 10.2 Å². The van der Waals surface area contributed by atoms with E-state index in [4.69, 9.17) is 0 Å². The van der Waals surface area contributed by atoms with E-state index in [1.165, 1.54) is 25.7 Å². The van der Waals surface area contributed by atoms with Crippen LogP contribution in [-0.4, -0.2) is 31.1 Å². The molecule has 0 aromatic carbocycles. The molecule has 2 unspecified atom stereocenters. The zero-order valence-electron chi connectivity index (χ0n) is 11.9. The van der Waals surface area contributed by atoms with Crippen LogP contribution in [0.1, 0.15) is 49.6 Å². The van der Waals surface area contributed by atoms with Crippen molar-refractivity contribution in [2.45, 2.75) is 51.6 Å². The fourth-order valence-corrected chi connectivity index (χ4v) is 3.63. The number of likely N-dealkylation sites (N-methyl/N-ethyl adjacent to an activating group) is 1. The first-order valence-corrected chi connectivity index (χ1v) is 8.10. The lowest BCUT2D eigenvalue weighted by atomic mass is 9.94. The topological polar surface area (TPSA) is 15.3 Å². The molecule has 0 amide bonds. The highest BCUT2D eigenvalue weighted by atomic mass is 32.1. The molecular formula is C15H26N2S. The van der Waals surface area contributed by atoms with E-state index in [9.17, 15) is 0 Å². The van der Waals surface area contributed by atoms with Gasteiger partial charge >= 0.3 is 0 Å². The van der Waals surface area contributed by atoms with Gasteiger partial charge in [0.25, 0.3) is 0 Å². The lowest BCUT2D eigenvalue weighted by Gasteiger charge is -2.27. The highest BCUT2D eigenvalue weighted by molar-refractivity contribution is 7.10. The number of rotatable bonds is 6. The van der Waals surface area contributed by atoms with Gasteiger partial charge in [-0.3, -0.25) is 0 Å². The zero-order chi connectivity index (χ0) is 13.0. The first-order chi connectivity index (χ1) is 8.72. The Balaban J connectivity index is 1.79. The Labute approximate surface area is 115 Å². The molecule has 0 saturated carbocycles. The lowest BCUT2D eigenvalue weighted by molar-refractivity contribution is 0.246. The molecule has 2 rings (SSSR count). The molecule has 1 heterocycles. The van der Waals surface area contributed by atoms with Crippen LogP contribution in [-0.2, 0) is 6.42 Å². The smallest absolute Gasteiger partial charge is 0.0331 e. The zero-order valence-corrected chi connectivity index (χ0v) is 12.7. The van der Waals surface area contributed by atoms with Crippen molar-refractivity contribution < 1.29 is 0 Å². The van der Waals surface area contributed by atoms with E-state index < -0.39 is 0 Å². The molecule has 2 nitrogen and oxygen atoms in total. The first kappa shape index (κ1) is 14.0. The molecule has 102 valence electrons. The first-order valence-electron chi connectivity index (χ1n) is 7.22. The van der Waals surface area contributed by atoms with Crippen LogP contribution in [0.5, 0.6) is 0 Å². The van der Waals surface area contributed by atoms with Gasteiger partial charge in [-0.1, -0.05) is 6.92 Å². The van der Waals surface area contributed by atoms with E-state index in [1.807, 2.05) is 11.3 Å². The van der Waals surface area contributed by atoms with Crippen LogP contribution in [0.2, 0.25) is 0 Å². The predicted octanol–water partition coefficient (Wildman–Crippen LogP) is 3.45. The van der Waals surface area contributed by atoms with Crippen LogP contribution in [0.4, 0.5) is 0 Å². The number of fused-ring (bicyclic) bond motifs is 1. The maximum absolute atomic E-state index is 3.74. The fourth-order valence-electron chi connectivity index (χ4n) is 2.65. The second-order valence-corrected chi connectivity index (χ2v) is 6.44. The standard InChI is InChI=1S/C15H26N2S/c1-4-12(2)17(3)10-9-16-14-6-5-7-15-13(14)8-11-18-15/h8,11-12,14,16H,4-7,9-10H2,1-3H3. The molecule has 0 radical (unpaired) electrons. The molecule has 1 aromatic heterocycles. The number of thiophene rings is 1. The SMILES string of the molecule is CCC(C)N(C)CCNC1CCCc2sccc21. The number of hydrogen-bond donors (Lipinski definition) is 1. The van der Waals surface area contributed by atoms with Crippen LogP contribution in [0.3, 0.4) is 0 Å². The number of nitrogens with zero attached hydrogens (tertiary/aromatic N) is 1. The van der Waals surface area contributed by atoms with Crippen molar-refractivity contribution in [2.24, 2.45) is 0 Å². The molecule has 0 fully saturated rings. The predicted molar refractivity (Wildman–Crippen MR) is 80.4 cm³/mol. The van der Waals surface area contributed by atoms with Gasteiger partial charge in [-0.15, -0.1) is 11.3 Å². The molecule has 1 aliphatic carbocycles. The second-order valence-electron chi connectivity index (χ2n) is 5.44. The third kappa shape index (κ3) is 3.34. The lowest BCUT2D eigenvalue weighted by Crippen LogP contribution is -2.36. The minimum Gasteiger partial charge on any atom is -0.309 e. The van der Waals surface area contributed by atoms with Gasteiger partial charge in [-0.2, -0.15) is 0 Å². The number of hydrogen-bond acceptors (Lipinski definition) is 3. The molecule has 0 spiro atoms. The van der Waals surface area contributed by atoms with Gasteiger partial charge in [0.1, 0.15) is 0 Å². The summed E-state index contributed by atoms with van der Waals surface area (Å²) in [7, 11) is 2.23. The van der Waals surface area contributed by atoms with Gasteiger partial charge in [-0.25, -0.2) is 0 Å². The number of aryl methyl sites for hydroxylation is 1. The van der Waals surface area contributed by atoms with Crippen molar-refractivity contribution in [3.8, 4) is 0 Å². The van der Waals surface area contributed by atoms with E-state index in [0.717, 1.165) is 13.1 Å². The highest BCUT2D eigenvalue weighted by Gasteiger charge is 2.20. The van der Waals surface area contributed by atoms with Crippen LogP contribution >= 0.6 is 11.3 Å². The van der Waals surface area contributed by atoms with Gasteiger partial charge in [0.15, 0.2) is 0 Å². The van der Waals surface area contributed by atoms with Crippen molar-refractivity contribution >= 4 is 11.3 Å². The van der Waals surface area contributed by atoms with Crippen molar-refractivity contribution in [1.82, 2.24) is 10.2 Å². The Hall–Kier alpha value is -0.380. The van der Waals surface area contributed by atoms with Crippen molar-refractivity contribution in [3.63, 3.8) is 0 Å². The third-order valence-corrected chi connectivity index (χ3v) is 5.25. The molecular weight excluding hydrogens is 240 g/mol. The summed E-state index contributed by atoms with van der Waals surface area (Å²) in [5.41, 5.74) is 1.57. The summed E-state index contributed by atoms with van der Waals surface area (Å²) >= 11 is 1.93. The van der Waals surface area contributed by atoms with E-state index in [2.05, 4.69) is 42.6 Å². The maximum atomic E-state index is 3.74. The molecule has 2 atom stereocenters. The summed E-state index contributed by atoms with van der Waals surface area (Å²) in [4.78, 5) is 4.05. The van der Waals surface area contributed by atoms with Crippen molar-refractivity contribution in [2.75, 3.05) is 20.1 Å². The summed E-state index contributed by atoms with van der Waals surface area (Å²) in [5.74, 6) is 0. The largest absolute Gasteiger partial charge is 0.309 e. The minimum atomic E-state index is 0.602. The van der Waals surface area contributed by atoms with Crippen LogP contribution < -0.4 is 5.32 Å². The average molecular weight is 266 g/mol. The molecule has 1 N–H and O–H groups in total. The summed E-state index contributed by atoms with van der Waals surface area (Å²) in [5, 5.41) is 5.98. The van der Waals surface area contributed by atoms with Crippen LogP contribution in [0, 0.1) is 0 Å². The molecule has 0 aliphatic heterocycles. The van der Waals surface area contributed by atoms with E-state index in [0.29, 0.717) is 12.1 Å². The fraction of sp³-hybridized carbons (Fsp3) is 0.733. The maximum Gasteiger partial charge on any atom is 0.0331 e. The van der Waals surface area contributed by atoms with Crippen molar-refractivity contribution in [3.05, 3.63) is 21.9 Å². The Morgan fingerprint density at radius 2 is 2.39 bits per heavy atom. The molecule has 0 saturated heterocycles. The van der Waals surface area contributed by atoms with E-state index in [-0.39, 0.29) is 0 Å². The highest BCUT2D eigenvalue weighted by Crippen LogP contribution is 2.32. The van der Waals surface area contributed by atoms with E-state index >= 15 is 0 Å². The van der Waals surface area contributed by atoms with E-state index in [1.54, 1.807) is 10.4 Å².